The molecule has 9 heteroatoms. The maximum absolute atomic E-state index is 12.5. The third-order valence-electron chi connectivity index (χ3n) is 15.1. The van der Waals surface area contributed by atoms with E-state index in [9.17, 15) is 29.4 Å². The maximum atomic E-state index is 12.5. The van der Waals surface area contributed by atoms with Gasteiger partial charge in [-0.05, 0) is 89.9 Å². The minimum atomic E-state index is -0.959. The molecule has 0 aliphatic heterocycles. The fraction of sp³-hybridized carbons (Fsp3) is 0.939. The number of carboxylic acid groups (broad SMARTS) is 2. The second-order valence-electron chi connectivity index (χ2n) is 22.7. The summed E-state index contributed by atoms with van der Waals surface area (Å²) in [6.45, 7) is 9.04. The van der Waals surface area contributed by atoms with Gasteiger partial charge in [0, 0.05) is 24.8 Å². The van der Waals surface area contributed by atoms with Crippen LogP contribution in [-0.2, 0) is 28.7 Å². The van der Waals surface area contributed by atoms with E-state index in [-0.39, 0.29) is 74.7 Å². The average molecular weight is 1090 g/mol. The Kier molecular flexibility index (Phi) is 70.4. The fourth-order valence-corrected chi connectivity index (χ4v) is 10.2. The van der Waals surface area contributed by atoms with E-state index in [4.69, 9.17) is 9.47 Å². The Balaban J connectivity index is -0.00000136. The quantitative estimate of drug-likeness (QED) is 0.0334. The Morgan fingerprint density at radius 2 is 0.413 bits per heavy atom. The molecule has 0 fully saturated rings. The molecule has 0 aromatic carbocycles. The first-order valence-electron chi connectivity index (χ1n) is 33.0. The van der Waals surface area contributed by atoms with E-state index >= 15 is 0 Å². The van der Waals surface area contributed by atoms with Gasteiger partial charge in [-0.1, -0.05) is 285 Å². The molecule has 0 aliphatic rings. The van der Waals surface area contributed by atoms with E-state index in [0.717, 1.165) is 103 Å². The Morgan fingerprint density at radius 3 is 0.600 bits per heavy atom. The second kappa shape index (κ2) is 67.4. The monoisotopic (exact) mass is 1090 g/mol. The Morgan fingerprint density at radius 1 is 0.253 bits per heavy atom. The van der Waals surface area contributed by atoms with Crippen molar-refractivity contribution in [3.63, 3.8) is 0 Å². The molecule has 440 valence electrons. The summed E-state index contributed by atoms with van der Waals surface area (Å²) in [5.74, 6) is -1.96. The number of carbonyl (C=O) groups is 4. The first-order valence-corrected chi connectivity index (χ1v) is 33.0. The van der Waals surface area contributed by atoms with Crippen molar-refractivity contribution in [1.82, 2.24) is 0 Å². The van der Waals surface area contributed by atoms with Crippen LogP contribution in [0.5, 0.6) is 0 Å². The fourth-order valence-electron chi connectivity index (χ4n) is 10.2. The van der Waals surface area contributed by atoms with E-state index in [0.29, 0.717) is 25.7 Å². The summed E-state index contributed by atoms with van der Waals surface area (Å²) in [4.78, 5) is 46.1. The predicted octanol–water partition coefficient (Wildman–Crippen LogP) is 18.8. The molecule has 0 aliphatic carbocycles. The molecule has 0 N–H and O–H groups in total. The molecule has 0 bridgehead atoms. The normalized spacial score (nSPS) is 11.9. The van der Waals surface area contributed by atoms with Crippen molar-refractivity contribution in [3.8, 4) is 0 Å². The maximum Gasteiger partial charge on any atom is 2.00 e. The molecule has 2 atom stereocenters. The zero-order valence-electron chi connectivity index (χ0n) is 50.7. The van der Waals surface area contributed by atoms with Gasteiger partial charge in [-0.15, -0.1) is 0 Å². The number of hydrogen-bond donors (Lipinski definition) is 0. The van der Waals surface area contributed by atoms with Gasteiger partial charge in [0.2, 0.25) is 0 Å². The van der Waals surface area contributed by atoms with Gasteiger partial charge in [0.25, 0.3) is 0 Å². The number of aliphatic carboxylic acids is 2. The Labute approximate surface area is 496 Å². The van der Waals surface area contributed by atoms with Crippen LogP contribution < -0.4 is 10.2 Å². The molecule has 2 unspecified atom stereocenters. The van der Waals surface area contributed by atoms with E-state index in [2.05, 4.69) is 27.7 Å². The van der Waals surface area contributed by atoms with Crippen LogP contribution in [0.4, 0.5) is 0 Å². The number of hydrogen-bond acceptors (Lipinski definition) is 8. The van der Waals surface area contributed by atoms with Crippen LogP contribution in [0.2, 0.25) is 0 Å². The number of unbranched alkanes of at least 4 members (excludes halogenated alkanes) is 42. The molecule has 8 nitrogen and oxygen atoms in total. The molecule has 0 spiro atoms. The summed E-state index contributed by atoms with van der Waals surface area (Å²) >= 11 is 0. The number of esters is 2. The molecule has 0 aromatic rings. The second-order valence-corrected chi connectivity index (χ2v) is 22.7. The molecule has 0 saturated carbocycles. The van der Waals surface area contributed by atoms with Crippen molar-refractivity contribution in [2.45, 2.75) is 399 Å². The van der Waals surface area contributed by atoms with Crippen molar-refractivity contribution in [3.05, 3.63) is 0 Å². The van der Waals surface area contributed by atoms with Crippen LogP contribution in [0.3, 0.4) is 0 Å². The molecule has 0 rings (SSSR count). The van der Waals surface area contributed by atoms with Crippen LogP contribution in [0.25, 0.3) is 0 Å². The summed E-state index contributed by atoms with van der Waals surface area (Å²) in [5.41, 5.74) is 0. The molecule has 0 aromatic heterocycles. The van der Waals surface area contributed by atoms with Gasteiger partial charge in [0.15, 0.2) is 0 Å². The van der Waals surface area contributed by atoms with Gasteiger partial charge in [-0.3, -0.25) is 9.59 Å². The predicted molar refractivity (Wildman–Crippen MR) is 317 cm³/mol. The van der Waals surface area contributed by atoms with Gasteiger partial charge >= 0.3 is 49.7 Å². The molecular formula is C66H126CaO8. The zero-order valence-corrected chi connectivity index (χ0v) is 52.9. The number of carbonyl (C=O) groups excluding carboxylic acids is 4. The van der Waals surface area contributed by atoms with Gasteiger partial charge in [-0.25, -0.2) is 0 Å². The number of rotatable bonds is 60. The van der Waals surface area contributed by atoms with Gasteiger partial charge in [-0.2, -0.15) is 0 Å². The molecule has 0 saturated heterocycles. The Hall–Kier alpha value is -0.860. The SMILES string of the molecule is CCCCCCCCCCCCCCC(=O)OC(CCCCCCCCCC)CCCCCCC(=O)[O-].CCCCCCCCCCCCCCC(=O)OC(CCCCCCCCCC)CCCCCCC(=O)[O-].[Ca+2]. The summed E-state index contributed by atoms with van der Waals surface area (Å²) in [7, 11) is 0. The van der Waals surface area contributed by atoms with E-state index < -0.39 is 11.9 Å². The molecule has 75 heavy (non-hydrogen) atoms. The minimum Gasteiger partial charge on any atom is -0.550 e. The van der Waals surface area contributed by atoms with E-state index in [1.165, 1.54) is 218 Å². The first kappa shape index (κ1) is 78.4. The molecule has 0 heterocycles. The smallest absolute Gasteiger partial charge is 0.550 e. The topological polar surface area (TPSA) is 133 Å². The van der Waals surface area contributed by atoms with Crippen LogP contribution >= 0.6 is 0 Å². The Bertz CT molecular complexity index is 1080. The van der Waals surface area contributed by atoms with Crippen molar-refractivity contribution in [2.24, 2.45) is 0 Å². The van der Waals surface area contributed by atoms with Crippen LogP contribution in [0.15, 0.2) is 0 Å². The summed E-state index contributed by atoms with van der Waals surface area (Å²) in [6.07, 6.45) is 64.2. The van der Waals surface area contributed by atoms with Crippen molar-refractivity contribution < 1.29 is 38.9 Å². The van der Waals surface area contributed by atoms with Gasteiger partial charge in [0.05, 0.1) is 0 Å². The zero-order chi connectivity index (χ0) is 54.5. The largest absolute Gasteiger partial charge is 2.00 e. The van der Waals surface area contributed by atoms with Crippen LogP contribution in [0, 0.1) is 0 Å². The number of carboxylic acids is 2. The summed E-state index contributed by atoms with van der Waals surface area (Å²) in [5, 5.41) is 21.1. The minimum absolute atomic E-state index is 0. The molecular weight excluding hydrogens is 961 g/mol. The third kappa shape index (κ3) is 69.2. The number of ether oxygens (including phenoxy) is 2. The van der Waals surface area contributed by atoms with Crippen LogP contribution in [-0.4, -0.2) is 73.8 Å². The van der Waals surface area contributed by atoms with Gasteiger partial charge in [0.1, 0.15) is 12.2 Å². The van der Waals surface area contributed by atoms with Crippen molar-refractivity contribution >= 4 is 61.6 Å². The molecule has 0 radical (unpaired) electrons. The summed E-state index contributed by atoms with van der Waals surface area (Å²) in [6, 6.07) is 0. The van der Waals surface area contributed by atoms with Gasteiger partial charge < -0.3 is 29.3 Å². The van der Waals surface area contributed by atoms with Crippen molar-refractivity contribution in [2.75, 3.05) is 0 Å². The van der Waals surface area contributed by atoms with E-state index in [1.807, 2.05) is 0 Å². The van der Waals surface area contributed by atoms with Crippen LogP contribution in [0.1, 0.15) is 387 Å². The third-order valence-corrected chi connectivity index (χ3v) is 15.1. The summed E-state index contributed by atoms with van der Waals surface area (Å²) < 4.78 is 11.8. The average Bonchev–Trinajstić information content (AvgIpc) is 3.38. The first-order chi connectivity index (χ1) is 36.2. The van der Waals surface area contributed by atoms with E-state index in [1.54, 1.807) is 0 Å². The van der Waals surface area contributed by atoms with Crippen molar-refractivity contribution in [1.29, 1.82) is 0 Å². The standard InChI is InChI=1S/2C33H64O4.Ca/c2*1-3-5-7-9-11-13-14-15-16-18-20-26-30-33(36)37-31(28-24-21-22-25-29-32(34)35)27-23-19-17-12-10-8-6-4-2;/h2*31H,3-30H2,1-2H3,(H,34,35);/q;;+2/p-2. The molecule has 0 amide bonds.